The minimum Gasteiger partial charge on any atom is -0.354 e. The molecule has 3 heterocycles. The van der Waals surface area contributed by atoms with Gasteiger partial charge in [0.1, 0.15) is 16.1 Å². The quantitative estimate of drug-likeness (QED) is 0.643. The van der Waals surface area contributed by atoms with Gasteiger partial charge in [-0.25, -0.2) is 13.4 Å². The van der Waals surface area contributed by atoms with Crippen LogP contribution in [0.4, 0.5) is 0 Å². The number of benzene rings is 1. The molecule has 1 amide bonds. The topological polar surface area (TPSA) is 95.2 Å². The maximum Gasteiger partial charge on any atom is 0.253 e. The van der Waals surface area contributed by atoms with Crippen LogP contribution in [0.1, 0.15) is 23.5 Å². The van der Waals surface area contributed by atoms with Gasteiger partial charge in [-0.3, -0.25) is 4.79 Å². The Kier molecular flexibility index (Phi) is 5.22. The Hall–Kier alpha value is -2.23. The van der Waals surface area contributed by atoms with Gasteiger partial charge < -0.3 is 10.3 Å². The number of imidazole rings is 1. The van der Waals surface area contributed by atoms with E-state index in [9.17, 15) is 13.2 Å². The Morgan fingerprint density at radius 3 is 2.89 bits per heavy atom. The third-order valence-corrected chi connectivity index (χ3v) is 8.26. The highest BCUT2D eigenvalue weighted by molar-refractivity contribution is 7.91. The van der Waals surface area contributed by atoms with Gasteiger partial charge in [0, 0.05) is 24.4 Å². The third kappa shape index (κ3) is 3.69. The Morgan fingerprint density at radius 2 is 2.14 bits per heavy atom. The van der Waals surface area contributed by atoms with Crippen molar-refractivity contribution in [2.24, 2.45) is 0 Å². The summed E-state index contributed by atoms with van der Waals surface area (Å²) in [7, 11) is -3.63. The van der Waals surface area contributed by atoms with E-state index < -0.39 is 16.1 Å². The molecule has 2 aromatic heterocycles. The van der Waals surface area contributed by atoms with Crippen LogP contribution in [0.2, 0.25) is 0 Å². The lowest BCUT2D eigenvalue weighted by atomic mass is 10.2. The summed E-state index contributed by atoms with van der Waals surface area (Å²) in [5.41, 5.74) is 1.85. The third-order valence-electron chi connectivity index (χ3n) is 4.88. The average Bonchev–Trinajstić information content (AvgIpc) is 3.40. The summed E-state index contributed by atoms with van der Waals surface area (Å²) in [5, 5.41) is 2.87. The molecule has 1 saturated heterocycles. The Balaban J connectivity index is 1.39. The average molecular weight is 419 g/mol. The zero-order valence-corrected chi connectivity index (χ0v) is 17.1. The summed E-state index contributed by atoms with van der Waals surface area (Å²) in [5.74, 6) is 0.553. The molecule has 9 heteroatoms. The van der Waals surface area contributed by atoms with Crippen LogP contribution >= 0.6 is 11.3 Å². The van der Waals surface area contributed by atoms with Crippen molar-refractivity contribution in [3.8, 4) is 0 Å². The minimum absolute atomic E-state index is 0.245. The number of sulfonamides is 1. The fraction of sp³-hybridized carbons (Fsp3) is 0.368. The molecule has 148 valence electrons. The lowest BCUT2D eigenvalue weighted by Gasteiger charge is -2.22. The number of para-hydroxylation sites is 2. The highest BCUT2D eigenvalue weighted by Gasteiger charge is 2.39. The van der Waals surface area contributed by atoms with E-state index in [1.54, 1.807) is 12.1 Å². The Bertz CT molecular complexity index is 1070. The summed E-state index contributed by atoms with van der Waals surface area (Å²) in [4.78, 5) is 21.3. The molecule has 1 aromatic carbocycles. The molecule has 1 aliphatic rings. The second kappa shape index (κ2) is 7.65. The smallest absolute Gasteiger partial charge is 0.253 e. The first-order valence-electron chi connectivity index (χ1n) is 9.25. The standard InChI is InChI=1S/C19H22N4O3S2/c1-13-8-9-18(27-13)28(25,26)23-12-4-7-16(23)19(24)20-11-10-17-21-14-5-2-3-6-15(14)22-17/h2-3,5-6,8-9,16H,4,7,10-12H2,1H3,(H,20,24)(H,21,22). The van der Waals surface area contributed by atoms with Gasteiger partial charge in [-0.05, 0) is 44.0 Å². The molecule has 1 fully saturated rings. The summed E-state index contributed by atoms with van der Waals surface area (Å²) >= 11 is 1.24. The van der Waals surface area contributed by atoms with E-state index in [0.29, 0.717) is 36.6 Å². The zero-order valence-electron chi connectivity index (χ0n) is 15.5. The number of rotatable bonds is 6. The molecule has 4 rings (SSSR count). The molecule has 0 bridgehead atoms. The number of fused-ring (bicyclic) bond motifs is 1. The number of thiophene rings is 1. The number of carbonyl (C=O) groups excluding carboxylic acids is 1. The Labute approximate surface area is 167 Å². The van der Waals surface area contributed by atoms with Gasteiger partial charge in [0.15, 0.2) is 0 Å². The van der Waals surface area contributed by atoms with Crippen LogP contribution in [0.15, 0.2) is 40.6 Å². The molecule has 0 spiro atoms. The van der Waals surface area contributed by atoms with Gasteiger partial charge in [0.05, 0.1) is 11.0 Å². The predicted octanol–water partition coefficient (Wildman–Crippen LogP) is 2.44. The van der Waals surface area contributed by atoms with Crippen LogP contribution < -0.4 is 5.32 Å². The van der Waals surface area contributed by atoms with Crippen molar-refractivity contribution >= 4 is 38.3 Å². The molecule has 0 radical (unpaired) electrons. The van der Waals surface area contributed by atoms with Crippen molar-refractivity contribution in [3.05, 3.63) is 47.1 Å². The second-order valence-corrected chi connectivity index (χ2v) is 10.3. The van der Waals surface area contributed by atoms with Gasteiger partial charge in [-0.2, -0.15) is 4.31 Å². The van der Waals surface area contributed by atoms with Gasteiger partial charge in [0.2, 0.25) is 5.91 Å². The first-order valence-corrected chi connectivity index (χ1v) is 11.5. The molecule has 0 saturated carbocycles. The number of nitrogens with one attached hydrogen (secondary N) is 2. The number of aromatic nitrogens is 2. The van der Waals surface area contributed by atoms with Crippen molar-refractivity contribution in [3.63, 3.8) is 0 Å². The maximum absolute atomic E-state index is 12.9. The van der Waals surface area contributed by atoms with Gasteiger partial charge >= 0.3 is 0 Å². The van der Waals surface area contributed by atoms with E-state index >= 15 is 0 Å². The number of hydrogen-bond acceptors (Lipinski definition) is 5. The molecule has 1 atom stereocenters. The first kappa shape index (κ1) is 19.1. The second-order valence-electron chi connectivity index (χ2n) is 6.88. The SMILES string of the molecule is Cc1ccc(S(=O)(=O)N2CCCC2C(=O)NCCc2nc3ccccc3[nH]2)s1. The molecule has 28 heavy (non-hydrogen) atoms. The highest BCUT2D eigenvalue weighted by Crippen LogP contribution is 2.30. The fourth-order valence-corrected chi connectivity index (χ4v) is 6.57. The molecular weight excluding hydrogens is 396 g/mol. The van der Waals surface area contributed by atoms with E-state index in [4.69, 9.17) is 0 Å². The van der Waals surface area contributed by atoms with Crippen molar-refractivity contribution < 1.29 is 13.2 Å². The molecule has 3 aromatic rings. The van der Waals surface area contributed by atoms with E-state index in [1.807, 2.05) is 31.2 Å². The van der Waals surface area contributed by atoms with Crippen molar-refractivity contribution in [1.82, 2.24) is 19.6 Å². The number of carbonyl (C=O) groups is 1. The normalized spacial score (nSPS) is 18.0. The summed E-state index contributed by atoms with van der Waals surface area (Å²) < 4.78 is 27.4. The van der Waals surface area contributed by atoms with Crippen molar-refractivity contribution in [2.45, 2.75) is 36.4 Å². The number of nitrogens with zero attached hydrogens (tertiary/aromatic N) is 2. The monoisotopic (exact) mass is 418 g/mol. The van der Waals surface area contributed by atoms with E-state index in [-0.39, 0.29) is 5.91 Å². The largest absolute Gasteiger partial charge is 0.354 e. The Morgan fingerprint density at radius 1 is 1.32 bits per heavy atom. The van der Waals surface area contributed by atoms with Gasteiger partial charge in [-0.15, -0.1) is 11.3 Å². The summed E-state index contributed by atoms with van der Waals surface area (Å²) in [6.45, 7) is 2.65. The summed E-state index contributed by atoms with van der Waals surface area (Å²) in [6.07, 6.45) is 1.79. The van der Waals surface area contributed by atoms with Crippen molar-refractivity contribution in [1.29, 1.82) is 0 Å². The minimum atomic E-state index is -3.63. The first-order chi connectivity index (χ1) is 13.4. The van der Waals surface area contributed by atoms with Gasteiger partial charge in [-0.1, -0.05) is 12.1 Å². The van der Waals surface area contributed by atoms with Crippen LogP contribution in [0.25, 0.3) is 11.0 Å². The number of aryl methyl sites for hydroxylation is 1. The van der Waals surface area contributed by atoms with E-state index in [0.717, 1.165) is 21.7 Å². The number of amides is 1. The zero-order chi connectivity index (χ0) is 19.7. The molecule has 0 aliphatic carbocycles. The number of hydrogen-bond donors (Lipinski definition) is 2. The molecule has 7 nitrogen and oxygen atoms in total. The van der Waals surface area contributed by atoms with Crippen LogP contribution in [-0.4, -0.2) is 47.7 Å². The van der Waals surface area contributed by atoms with E-state index in [1.165, 1.54) is 15.6 Å². The summed E-state index contributed by atoms with van der Waals surface area (Å²) in [6, 6.07) is 10.5. The molecule has 2 N–H and O–H groups in total. The molecule has 1 aliphatic heterocycles. The lowest BCUT2D eigenvalue weighted by molar-refractivity contribution is -0.124. The lowest BCUT2D eigenvalue weighted by Crippen LogP contribution is -2.46. The van der Waals surface area contributed by atoms with Gasteiger partial charge in [0.25, 0.3) is 10.0 Å². The number of aromatic amines is 1. The van der Waals surface area contributed by atoms with Crippen LogP contribution in [-0.2, 0) is 21.2 Å². The van der Waals surface area contributed by atoms with Crippen LogP contribution in [0.5, 0.6) is 0 Å². The fourth-order valence-electron chi connectivity index (χ4n) is 3.50. The molecular formula is C19H22N4O3S2. The van der Waals surface area contributed by atoms with E-state index in [2.05, 4.69) is 15.3 Å². The van der Waals surface area contributed by atoms with Crippen LogP contribution in [0.3, 0.4) is 0 Å². The predicted molar refractivity (Wildman–Crippen MR) is 109 cm³/mol. The van der Waals surface area contributed by atoms with Crippen molar-refractivity contribution in [2.75, 3.05) is 13.1 Å². The number of H-pyrrole nitrogens is 1. The van der Waals surface area contributed by atoms with Crippen LogP contribution in [0, 0.1) is 6.92 Å². The highest BCUT2D eigenvalue weighted by atomic mass is 32.2. The molecule has 1 unspecified atom stereocenters. The maximum atomic E-state index is 12.9.